The first-order chi connectivity index (χ1) is 9.25. The Morgan fingerprint density at radius 2 is 1.85 bits per heavy atom. The van der Waals surface area contributed by atoms with Crippen molar-refractivity contribution in [1.82, 2.24) is 5.32 Å². The van der Waals surface area contributed by atoms with E-state index in [1.165, 1.54) is 23.1 Å². The Labute approximate surface area is 115 Å². The smallest absolute Gasteiger partial charge is 0.475 e. The molecular formula is C14H16F3NO2. The summed E-state index contributed by atoms with van der Waals surface area (Å²) in [6, 6.07) is 9.16. The van der Waals surface area contributed by atoms with Crippen LogP contribution in [0.25, 0.3) is 5.57 Å². The van der Waals surface area contributed by atoms with Gasteiger partial charge in [-0.2, -0.15) is 13.2 Å². The van der Waals surface area contributed by atoms with Crippen molar-refractivity contribution in [2.24, 2.45) is 0 Å². The SMILES string of the molecule is CNC1C=C(c2ccccc2C)C1.O=C(O)C(F)(F)F. The van der Waals surface area contributed by atoms with Crippen LogP contribution in [0.15, 0.2) is 30.3 Å². The van der Waals surface area contributed by atoms with Crippen molar-refractivity contribution in [1.29, 1.82) is 0 Å². The summed E-state index contributed by atoms with van der Waals surface area (Å²) in [6.45, 7) is 2.17. The first-order valence-electron chi connectivity index (χ1n) is 5.99. The molecule has 0 radical (unpaired) electrons. The second-order valence-corrected chi connectivity index (χ2v) is 4.41. The number of rotatable bonds is 2. The van der Waals surface area contributed by atoms with Gasteiger partial charge in [-0.3, -0.25) is 0 Å². The van der Waals surface area contributed by atoms with Crippen LogP contribution >= 0.6 is 0 Å². The van der Waals surface area contributed by atoms with Gasteiger partial charge in [-0.25, -0.2) is 4.79 Å². The number of hydrogen-bond acceptors (Lipinski definition) is 2. The van der Waals surface area contributed by atoms with Gasteiger partial charge in [0.15, 0.2) is 0 Å². The maximum atomic E-state index is 10.6. The zero-order valence-corrected chi connectivity index (χ0v) is 11.2. The summed E-state index contributed by atoms with van der Waals surface area (Å²) < 4.78 is 31.7. The highest BCUT2D eigenvalue weighted by Crippen LogP contribution is 2.30. The third-order valence-electron chi connectivity index (χ3n) is 2.95. The van der Waals surface area contributed by atoms with Crippen molar-refractivity contribution in [2.75, 3.05) is 7.05 Å². The van der Waals surface area contributed by atoms with E-state index < -0.39 is 12.1 Å². The van der Waals surface area contributed by atoms with E-state index in [2.05, 4.69) is 42.6 Å². The predicted molar refractivity (Wildman–Crippen MR) is 70.3 cm³/mol. The van der Waals surface area contributed by atoms with Gasteiger partial charge >= 0.3 is 12.1 Å². The quantitative estimate of drug-likeness (QED) is 0.879. The lowest BCUT2D eigenvalue weighted by Crippen LogP contribution is -2.29. The van der Waals surface area contributed by atoms with E-state index in [0.717, 1.165) is 0 Å². The highest BCUT2D eigenvalue weighted by Gasteiger charge is 2.38. The Morgan fingerprint density at radius 3 is 2.25 bits per heavy atom. The maximum absolute atomic E-state index is 10.6. The molecule has 1 atom stereocenters. The average Bonchev–Trinajstić information content (AvgIpc) is 2.29. The number of carboxylic acids is 1. The Kier molecular flexibility index (Phi) is 5.33. The molecule has 2 N–H and O–H groups in total. The van der Waals surface area contributed by atoms with Crippen molar-refractivity contribution in [2.45, 2.75) is 25.6 Å². The fraction of sp³-hybridized carbons (Fsp3) is 0.357. The molecule has 1 aliphatic carbocycles. The van der Waals surface area contributed by atoms with E-state index in [1.54, 1.807) is 0 Å². The van der Waals surface area contributed by atoms with Crippen molar-refractivity contribution in [3.8, 4) is 0 Å². The van der Waals surface area contributed by atoms with Crippen LogP contribution in [0.3, 0.4) is 0 Å². The predicted octanol–water partition coefficient (Wildman–Crippen LogP) is 3.00. The molecule has 0 aliphatic heterocycles. The Hall–Kier alpha value is -1.82. The zero-order valence-electron chi connectivity index (χ0n) is 11.2. The van der Waals surface area contributed by atoms with Gasteiger partial charge in [0.05, 0.1) is 0 Å². The summed E-state index contributed by atoms with van der Waals surface area (Å²) in [7, 11) is 2.01. The van der Waals surface area contributed by atoms with E-state index in [0.29, 0.717) is 6.04 Å². The summed E-state index contributed by atoms with van der Waals surface area (Å²) in [5, 5.41) is 10.4. The van der Waals surface area contributed by atoms with E-state index >= 15 is 0 Å². The minimum Gasteiger partial charge on any atom is -0.475 e. The van der Waals surface area contributed by atoms with E-state index in [9.17, 15) is 13.2 Å². The van der Waals surface area contributed by atoms with Crippen molar-refractivity contribution in [3.05, 3.63) is 41.5 Å². The van der Waals surface area contributed by atoms with Gasteiger partial charge in [0.25, 0.3) is 0 Å². The summed E-state index contributed by atoms with van der Waals surface area (Å²) in [5.74, 6) is -2.76. The first-order valence-corrected chi connectivity index (χ1v) is 5.99. The Morgan fingerprint density at radius 1 is 1.35 bits per heavy atom. The van der Waals surface area contributed by atoms with Crippen molar-refractivity contribution in [3.63, 3.8) is 0 Å². The topological polar surface area (TPSA) is 49.3 Å². The molecule has 0 spiro atoms. The molecule has 1 aromatic carbocycles. The highest BCUT2D eigenvalue weighted by molar-refractivity contribution is 5.74. The summed E-state index contributed by atoms with van der Waals surface area (Å²) in [5.41, 5.74) is 4.27. The van der Waals surface area contributed by atoms with Gasteiger partial charge in [-0.15, -0.1) is 0 Å². The van der Waals surface area contributed by atoms with E-state index in [-0.39, 0.29) is 0 Å². The zero-order chi connectivity index (χ0) is 15.3. The van der Waals surface area contributed by atoms with Crippen LogP contribution in [-0.2, 0) is 4.79 Å². The first kappa shape index (κ1) is 16.2. The summed E-state index contributed by atoms with van der Waals surface area (Å²) in [6.07, 6.45) is -1.61. The largest absolute Gasteiger partial charge is 0.490 e. The van der Waals surface area contributed by atoms with E-state index in [4.69, 9.17) is 9.90 Å². The van der Waals surface area contributed by atoms with Gasteiger partial charge < -0.3 is 10.4 Å². The van der Waals surface area contributed by atoms with Crippen LogP contribution in [0.1, 0.15) is 17.5 Å². The lowest BCUT2D eigenvalue weighted by molar-refractivity contribution is -0.192. The number of halogens is 3. The molecule has 0 bridgehead atoms. The third kappa shape index (κ3) is 4.38. The molecule has 6 heteroatoms. The van der Waals surface area contributed by atoms with Crippen LogP contribution < -0.4 is 5.32 Å². The molecule has 0 aromatic heterocycles. The number of hydrogen-bond donors (Lipinski definition) is 2. The third-order valence-corrected chi connectivity index (χ3v) is 2.95. The van der Waals surface area contributed by atoms with E-state index in [1.807, 2.05) is 7.05 Å². The molecule has 0 saturated heterocycles. The summed E-state index contributed by atoms with van der Waals surface area (Å²) in [4.78, 5) is 8.90. The van der Waals surface area contributed by atoms with Gasteiger partial charge in [0, 0.05) is 6.04 Å². The van der Waals surface area contributed by atoms with Gasteiger partial charge in [-0.05, 0) is 37.1 Å². The van der Waals surface area contributed by atoms with Crippen LogP contribution in [-0.4, -0.2) is 30.3 Å². The second kappa shape index (κ2) is 6.56. The number of aryl methyl sites for hydroxylation is 1. The minimum absolute atomic E-state index is 0.592. The molecule has 2 rings (SSSR count). The Bertz CT molecular complexity index is 509. The fourth-order valence-electron chi connectivity index (χ4n) is 1.76. The number of benzene rings is 1. The van der Waals surface area contributed by atoms with Gasteiger partial charge in [0.2, 0.25) is 0 Å². The lowest BCUT2D eigenvalue weighted by Gasteiger charge is -2.26. The van der Waals surface area contributed by atoms with Crippen LogP contribution in [0.4, 0.5) is 13.2 Å². The fourth-order valence-corrected chi connectivity index (χ4v) is 1.76. The number of carbonyl (C=O) groups is 1. The van der Waals surface area contributed by atoms with Crippen LogP contribution in [0, 0.1) is 6.92 Å². The molecule has 3 nitrogen and oxygen atoms in total. The molecule has 1 aromatic rings. The molecule has 1 aliphatic rings. The number of carboxylic acid groups (broad SMARTS) is 1. The number of alkyl halides is 3. The maximum Gasteiger partial charge on any atom is 0.490 e. The molecule has 110 valence electrons. The molecular weight excluding hydrogens is 271 g/mol. The average molecular weight is 287 g/mol. The van der Waals surface area contributed by atoms with Gasteiger partial charge in [0.1, 0.15) is 0 Å². The molecule has 0 saturated carbocycles. The Balaban J connectivity index is 0.000000246. The second-order valence-electron chi connectivity index (χ2n) is 4.41. The van der Waals surface area contributed by atoms with Crippen LogP contribution in [0.5, 0.6) is 0 Å². The van der Waals surface area contributed by atoms with Crippen LogP contribution in [0.2, 0.25) is 0 Å². The number of nitrogens with one attached hydrogen (secondary N) is 1. The highest BCUT2D eigenvalue weighted by atomic mass is 19.4. The molecule has 0 fully saturated rings. The molecule has 1 unspecified atom stereocenters. The number of aliphatic carboxylic acids is 1. The number of likely N-dealkylation sites (N-methyl/N-ethyl adjacent to an activating group) is 1. The molecule has 20 heavy (non-hydrogen) atoms. The molecule has 0 heterocycles. The lowest BCUT2D eigenvalue weighted by atomic mass is 9.86. The van der Waals surface area contributed by atoms with Gasteiger partial charge in [-0.1, -0.05) is 30.3 Å². The normalized spacial score (nSPS) is 17.4. The molecule has 0 amide bonds. The monoisotopic (exact) mass is 287 g/mol. The summed E-state index contributed by atoms with van der Waals surface area (Å²) >= 11 is 0. The van der Waals surface area contributed by atoms with Crippen molar-refractivity contribution >= 4 is 11.5 Å². The minimum atomic E-state index is -5.08. The van der Waals surface area contributed by atoms with Crippen molar-refractivity contribution < 1.29 is 23.1 Å². The standard InChI is InChI=1S/C12H15N.C2HF3O2/c1-9-5-3-4-6-12(9)10-7-11(8-10)13-2;3-2(4,5)1(6)7/h3-7,11,13H,8H2,1-2H3;(H,6,7).